The van der Waals surface area contributed by atoms with Crippen LogP contribution in [0, 0.1) is 0 Å². The fourth-order valence-electron chi connectivity index (χ4n) is 2.17. The Bertz CT molecular complexity index is 854. The van der Waals surface area contributed by atoms with Crippen molar-refractivity contribution in [2.24, 2.45) is 0 Å². The summed E-state index contributed by atoms with van der Waals surface area (Å²) in [6.45, 7) is 4.34. The number of benzene rings is 1. The van der Waals surface area contributed by atoms with Gasteiger partial charge in [-0.15, -0.1) is 5.10 Å². The Kier molecular flexibility index (Phi) is 3.59. The predicted molar refractivity (Wildman–Crippen MR) is 81.2 cm³/mol. The lowest BCUT2D eigenvalue weighted by Crippen LogP contribution is -2.25. The fraction of sp³-hybridized carbons (Fsp3) is 0.286. The molecule has 0 spiro atoms. The largest absolute Gasteiger partial charge is 0.364 e. The number of fused-ring (bicyclic) bond motifs is 1. The maximum atomic E-state index is 12.5. The molecule has 0 aliphatic carbocycles. The molecule has 0 saturated heterocycles. The molecular weight excluding hydrogens is 336 g/mol. The van der Waals surface area contributed by atoms with E-state index >= 15 is 0 Å². The van der Waals surface area contributed by atoms with Gasteiger partial charge in [-0.1, -0.05) is 40.1 Å². The van der Waals surface area contributed by atoms with Gasteiger partial charge in [-0.25, -0.2) is 4.68 Å². The van der Waals surface area contributed by atoms with E-state index in [2.05, 4.69) is 31.4 Å². The highest BCUT2D eigenvalue weighted by Gasteiger charge is 2.14. The van der Waals surface area contributed by atoms with Crippen molar-refractivity contribution in [2.45, 2.75) is 26.3 Å². The summed E-state index contributed by atoms with van der Waals surface area (Å²) in [6, 6.07) is 5.34. The molecule has 3 aromatic rings. The Hall–Kier alpha value is -2.02. The molecule has 0 saturated carbocycles. The first kappa shape index (κ1) is 13.9. The third-order valence-electron chi connectivity index (χ3n) is 3.23. The lowest BCUT2D eigenvalue weighted by molar-refractivity contribution is 0.407. The van der Waals surface area contributed by atoms with Crippen molar-refractivity contribution in [1.82, 2.24) is 20.2 Å². The van der Waals surface area contributed by atoms with Crippen LogP contribution < -0.4 is 5.56 Å². The van der Waals surface area contributed by atoms with Crippen molar-refractivity contribution in [3.8, 4) is 0 Å². The van der Waals surface area contributed by atoms with Crippen molar-refractivity contribution >= 4 is 26.8 Å². The number of halogens is 1. The van der Waals surface area contributed by atoms with Crippen LogP contribution in [-0.2, 0) is 6.54 Å². The lowest BCUT2D eigenvalue weighted by atomic mass is 10.1. The Balaban J connectivity index is 2.07. The normalized spacial score (nSPS) is 11.4. The molecule has 0 fully saturated rings. The first-order chi connectivity index (χ1) is 10.1. The number of aromatic nitrogens is 4. The summed E-state index contributed by atoms with van der Waals surface area (Å²) in [7, 11) is 0. The summed E-state index contributed by atoms with van der Waals surface area (Å²) >= 11 is 3.36. The highest BCUT2D eigenvalue weighted by Crippen LogP contribution is 2.18. The average Bonchev–Trinajstić information content (AvgIpc) is 2.91. The second kappa shape index (κ2) is 5.40. The minimum atomic E-state index is -0.183. The zero-order valence-corrected chi connectivity index (χ0v) is 13.2. The van der Waals surface area contributed by atoms with Gasteiger partial charge in [0.15, 0.2) is 0 Å². The van der Waals surface area contributed by atoms with Crippen LogP contribution in [0.15, 0.2) is 38.3 Å². The van der Waals surface area contributed by atoms with Crippen LogP contribution in [0.2, 0.25) is 0 Å². The Morgan fingerprint density at radius 3 is 2.95 bits per heavy atom. The summed E-state index contributed by atoms with van der Waals surface area (Å²) in [6.07, 6.45) is 1.55. The van der Waals surface area contributed by atoms with Gasteiger partial charge in [-0.05, 0) is 24.1 Å². The van der Waals surface area contributed by atoms with Gasteiger partial charge in [0.1, 0.15) is 11.8 Å². The summed E-state index contributed by atoms with van der Waals surface area (Å²) in [4.78, 5) is 12.5. The minimum absolute atomic E-state index is 0.183. The Morgan fingerprint density at radius 2 is 2.19 bits per heavy atom. The van der Waals surface area contributed by atoms with Crippen LogP contribution in [0.5, 0.6) is 0 Å². The summed E-state index contributed by atoms with van der Waals surface area (Å²) in [5, 5.41) is 12.6. The number of nitrogens with zero attached hydrogens (tertiary/aromatic N) is 4. The van der Waals surface area contributed by atoms with Crippen LogP contribution in [0.3, 0.4) is 0 Å². The molecule has 0 N–H and O–H groups in total. The van der Waals surface area contributed by atoms with Crippen molar-refractivity contribution in [2.75, 3.05) is 0 Å². The molecule has 1 aromatic carbocycles. The molecule has 2 heterocycles. The molecule has 108 valence electrons. The summed E-state index contributed by atoms with van der Waals surface area (Å²) < 4.78 is 7.16. The van der Waals surface area contributed by atoms with Crippen LogP contribution in [0.1, 0.15) is 31.0 Å². The van der Waals surface area contributed by atoms with E-state index in [0.717, 1.165) is 15.7 Å². The van der Waals surface area contributed by atoms with E-state index in [4.69, 9.17) is 4.52 Å². The van der Waals surface area contributed by atoms with Crippen molar-refractivity contribution in [3.63, 3.8) is 0 Å². The van der Waals surface area contributed by atoms with E-state index in [1.165, 1.54) is 4.68 Å². The average molecular weight is 349 g/mol. The molecule has 0 amide bonds. The highest BCUT2D eigenvalue weighted by molar-refractivity contribution is 9.10. The van der Waals surface area contributed by atoms with E-state index in [9.17, 15) is 4.79 Å². The number of hydrogen-bond acceptors (Lipinski definition) is 5. The van der Waals surface area contributed by atoms with Gasteiger partial charge in [-0.3, -0.25) is 4.79 Å². The fourth-order valence-corrected chi connectivity index (χ4v) is 2.53. The molecule has 2 aromatic heterocycles. The summed E-state index contributed by atoms with van der Waals surface area (Å²) in [5.41, 5.74) is 2.07. The van der Waals surface area contributed by atoms with Crippen LogP contribution >= 0.6 is 15.9 Å². The monoisotopic (exact) mass is 348 g/mol. The molecule has 0 aliphatic rings. The van der Waals surface area contributed by atoms with Crippen molar-refractivity contribution in [1.29, 1.82) is 0 Å². The first-order valence-electron chi connectivity index (χ1n) is 6.52. The van der Waals surface area contributed by atoms with Gasteiger partial charge in [-0.2, -0.15) is 0 Å². The molecule has 0 aliphatic heterocycles. The zero-order valence-electron chi connectivity index (χ0n) is 11.6. The standard InChI is InChI=1S/C14H13BrN4O2/c1-8(2)13-9(7-21-17-13)6-19-14(20)11-5-10(15)3-4-12(11)16-18-19/h3-5,7-8H,6H2,1-2H3. The quantitative estimate of drug-likeness (QED) is 0.727. The Labute approximate surface area is 128 Å². The van der Waals surface area contributed by atoms with E-state index in [1.807, 2.05) is 19.9 Å². The topological polar surface area (TPSA) is 73.8 Å². The zero-order chi connectivity index (χ0) is 15.0. The van der Waals surface area contributed by atoms with Crippen LogP contribution in [0.25, 0.3) is 10.9 Å². The molecule has 0 atom stereocenters. The summed E-state index contributed by atoms with van der Waals surface area (Å²) in [5.74, 6) is 0.219. The number of rotatable bonds is 3. The van der Waals surface area contributed by atoms with Crippen LogP contribution in [-0.4, -0.2) is 20.2 Å². The molecule has 0 radical (unpaired) electrons. The molecule has 7 heteroatoms. The number of hydrogen-bond donors (Lipinski definition) is 0. The second-order valence-corrected chi connectivity index (χ2v) is 6.01. The maximum Gasteiger partial charge on any atom is 0.277 e. The third kappa shape index (κ3) is 2.61. The van der Waals surface area contributed by atoms with E-state index in [1.54, 1.807) is 18.4 Å². The van der Waals surface area contributed by atoms with Gasteiger partial charge in [0.25, 0.3) is 5.56 Å². The highest BCUT2D eigenvalue weighted by atomic mass is 79.9. The molecule has 0 unspecified atom stereocenters. The third-order valence-corrected chi connectivity index (χ3v) is 3.72. The second-order valence-electron chi connectivity index (χ2n) is 5.09. The first-order valence-corrected chi connectivity index (χ1v) is 7.32. The van der Waals surface area contributed by atoms with Gasteiger partial charge in [0.2, 0.25) is 0 Å². The van der Waals surface area contributed by atoms with Gasteiger partial charge < -0.3 is 4.52 Å². The van der Waals surface area contributed by atoms with Gasteiger partial charge in [0.05, 0.1) is 17.6 Å². The minimum Gasteiger partial charge on any atom is -0.364 e. The van der Waals surface area contributed by atoms with Crippen molar-refractivity contribution in [3.05, 3.63) is 50.5 Å². The van der Waals surface area contributed by atoms with Crippen molar-refractivity contribution < 1.29 is 4.52 Å². The lowest BCUT2D eigenvalue weighted by Gasteiger charge is -2.06. The maximum absolute atomic E-state index is 12.5. The molecule has 6 nitrogen and oxygen atoms in total. The van der Waals surface area contributed by atoms with Gasteiger partial charge in [0, 0.05) is 10.0 Å². The predicted octanol–water partition coefficient (Wildman–Crippen LogP) is 2.71. The Morgan fingerprint density at radius 1 is 1.38 bits per heavy atom. The van der Waals surface area contributed by atoms with Gasteiger partial charge >= 0.3 is 0 Å². The molecule has 3 rings (SSSR count). The molecule has 0 bridgehead atoms. The van der Waals surface area contributed by atoms with E-state index < -0.39 is 0 Å². The van der Waals surface area contributed by atoms with Crippen LogP contribution in [0.4, 0.5) is 0 Å². The SMILES string of the molecule is CC(C)c1nocc1Cn1nnc2ccc(Br)cc2c1=O. The van der Waals surface area contributed by atoms with E-state index in [0.29, 0.717) is 17.4 Å². The molecule has 21 heavy (non-hydrogen) atoms. The smallest absolute Gasteiger partial charge is 0.277 e. The van der Waals surface area contributed by atoms with E-state index in [-0.39, 0.29) is 11.5 Å². The molecular formula is C14H13BrN4O2.